The monoisotopic (exact) mass is 278 g/mol. The van der Waals surface area contributed by atoms with Crippen LogP contribution in [0.3, 0.4) is 0 Å². The van der Waals surface area contributed by atoms with Crippen molar-refractivity contribution in [3.05, 3.63) is 0 Å². The van der Waals surface area contributed by atoms with E-state index in [1.54, 1.807) is 0 Å². The molecule has 6 heteroatoms. The average Bonchev–Trinajstić information content (AvgIpc) is 2.57. The van der Waals surface area contributed by atoms with Crippen LogP contribution in [0.5, 0.6) is 0 Å². The first-order valence-electron chi connectivity index (χ1n) is 6.11. The van der Waals surface area contributed by atoms with E-state index >= 15 is 0 Å². The second kappa shape index (κ2) is 5.26. The fraction of sp³-hybridized carbons (Fsp3) is 0.917. The molecule has 1 saturated heterocycles. The van der Waals surface area contributed by atoms with Crippen LogP contribution in [0.1, 0.15) is 20.8 Å². The summed E-state index contributed by atoms with van der Waals surface area (Å²) in [6.07, 6.45) is -3.07. The number of hydrogen-bond donors (Lipinski definition) is 0. The minimum Gasteiger partial charge on any atom is -0.467 e. The van der Waals surface area contributed by atoms with E-state index < -0.39 is 32.7 Å². The van der Waals surface area contributed by atoms with Crippen LogP contribution < -0.4 is 0 Å². The van der Waals surface area contributed by atoms with Crippen LogP contribution in [0.25, 0.3) is 0 Å². The number of rotatable bonds is 3. The summed E-state index contributed by atoms with van der Waals surface area (Å²) in [6.45, 7) is 10.1. The van der Waals surface area contributed by atoms with Crippen LogP contribution in [-0.2, 0) is 18.7 Å². The molecule has 0 aromatic heterocycles. The number of esters is 1. The topological polar surface area (TPSA) is 44.8 Å². The SMILES string of the molecule is COC(=O)[C@@H]1OC[C@H](F)[C@H]1O[Si](C)(C)C(C)(C)C. The number of hydrogen-bond acceptors (Lipinski definition) is 4. The van der Waals surface area contributed by atoms with Crippen molar-refractivity contribution in [2.75, 3.05) is 13.7 Å². The molecule has 3 atom stereocenters. The summed E-state index contributed by atoms with van der Waals surface area (Å²) in [4.78, 5) is 11.5. The fourth-order valence-corrected chi connectivity index (χ4v) is 2.85. The molecule has 0 radical (unpaired) electrons. The third-order valence-corrected chi connectivity index (χ3v) is 8.23. The van der Waals surface area contributed by atoms with E-state index in [0.29, 0.717) is 0 Å². The highest BCUT2D eigenvalue weighted by molar-refractivity contribution is 6.74. The summed E-state index contributed by atoms with van der Waals surface area (Å²) in [6, 6.07) is 0. The van der Waals surface area contributed by atoms with Crippen LogP contribution >= 0.6 is 0 Å². The van der Waals surface area contributed by atoms with E-state index in [9.17, 15) is 9.18 Å². The van der Waals surface area contributed by atoms with Crippen molar-refractivity contribution in [3.8, 4) is 0 Å². The average molecular weight is 278 g/mol. The summed E-state index contributed by atoms with van der Waals surface area (Å²) in [7, 11) is -0.875. The number of alkyl halides is 1. The maximum Gasteiger partial charge on any atom is 0.337 e. The van der Waals surface area contributed by atoms with Crippen molar-refractivity contribution in [3.63, 3.8) is 0 Å². The Morgan fingerprint density at radius 3 is 2.39 bits per heavy atom. The molecule has 1 fully saturated rings. The van der Waals surface area contributed by atoms with Gasteiger partial charge < -0.3 is 13.9 Å². The highest BCUT2D eigenvalue weighted by Crippen LogP contribution is 2.39. The van der Waals surface area contributed by atoms with Crippen molar-refractivity contribution in [1.29, 1.82) is 0 Å². The summed E-state index contributed by atoms with van der Waals surface area (Å²) in [5.41, 5.74) is 0. The minimum absolute atomic E-state index is 0.0457. The van der Waals surface area contributed by atoms with E-state index in [1.807, 2.05) is 13.1 Å². The molecule has 0 unspecified atom stereocenters. The zero-order valence-electron chi connectivity index (χ0n) is 12.0. The molecule has 1 rings (SSSR count). The molecule has 0 aliphatic carbocycles. The van der Waals surface area contributed by atoms with Gasteiger partial charge in [0.05, 0.1) is 13.7 Å². The van der Waals surface area contributed by atoms with E-state index in [0.717, 1.165) is 0 Å². The van der Waals surface area contributed by atoms with Crippen molar-refractivity contribution in [2.45, 2.75) is 57.3 Å². The fourth-order valence-electron chi connectivity index (χ4n) is 1.55. The predicted octanol–water partition coefficient (Wildman–Crippen LogP) is 2.29. The Bertz CT molecular complexity index is 314. The molecule has 0 aromatic carbocycles. The van der Waals surface area contributed by atoms with Gasteiger partial charge in [0.2, 0.25) is 0 Å². The van der Waals surface area contributed by atoms with Gasteiger partial charge in [-0.3, -0.25) is 0 Å². The van der Waals surface area contributed by atoms with Crippen LogP contribution in [0, 0.1) is 0 Å². The Balaban J connectivity index is 2.83. The Labute approximate surface area is 109 Å². The lowest BCUT2D eigenvalue weighted by Crippen LogP contribution is -2.49. The largest absolute Gasteiger partial charge is 0.467 e. The quantitative estimate of drug-likeness (QED) is 0.587. The van der Waals surface area contributed by atoms with Crippen LogP contribution in [0.2, 0.25) is 18.1 Å². The van der Waals surface area contributed by atoms with E-state index in [4.69, 9.17) is 9.16 Å². The van der Waals surface area contributed by atoms with Crippen LogP contribution in [-0.4, -0.2) is 46.4 Å². The zero-order chi connectivity index (χ0) is 14.1. The highest BCUT2D eigenvalue weighted by atomic mass is 28.4. The minimum atomic E-state index is -2.14. The van der Waals surface area contributed by atoms with E-state index in [1.165, 1.54) is 7.11 Å². The first-order valence-corrected chi connectivity index (χ1v) is 9.02. The van der Waals surface area contributed by atoms with Gasteiger partial charge in [0.1, 0.15) is 6.10 Å². The molecule has 0 bridgehead atoms. The Morgan fingerprint density at radius 2 is 1.94 bits per heavy atom. The summed E-state index contributed by atoms with van der Waals surface area (Å²) < 4.78 is 29.5. The third-order valence-electron chi connectivity index (χ3n) is 3.76. The van der Waals surface area contributed by atoms with Crippen LogP contribution in [0.4, 0.5) is 4.39 Å². The van der Waals surface area contributed by atoms with Gasteiger partial charge in [0, 0.05) is 0 Å². The molecule has 1 heterocycles. The summed E-state index contributed by atoms with van der Waals surface area (Å²) >= 11 is 0. The van der Waals surface area contributed by atoms with Gasteiger partial charge in [-0.1, -0.05) is 20.8 Å². The predicted molar refractivity (Wildman–Crippen MR) is 68.7 cm³/mol. The zero-order valence-corrected chi connectivity index (χ0v) is 13.0. The van der Waals surface area contributed by atoms with Gasteiger partial charge in [-0.2, -0.15) is 0 Å². The standard InChI is InChI=1S/C12H23FO4Si/c1-12(2,3)18(5,6)17-9-8(13)7-16-10(9)11(14)15-4/h8-10H,7H2,1-6H3/t8-,9+,10+/m0/s1. The molecule has 4 nitrogen and oxygen atoms in total. The maximum atomic E-state index is 13.8. The van der Waals surface area contributed by atoms with Gasteiger partial charge in [-0.05, 0) is 18.1 Å². The molecule has 0 saturated carbocycles. The molecule has 18 heavy (non-hydrogen) atoms. The van der Waals surface area contributed by atoms with Gasteiger partial charge in [0.25, 0.3) is 0 Å². The normalized spacial score (nSPS) is 29.4. The van der Waals surface area contributed by atoms with Gasteiger partial charge in [-0.25, -0.2) is 9.18 Å². The first kappa shape index (κ1) is 15.6. The molecule has 1 aliphatic heterocycles. The Hall–Kier alpha value is -0.463. The van der Waals surface area contributed by atoms with E-state index in [2.05, 4.69) is 25.5 Å². The smallest absolute Gasteiger partial charge is 0.337 e. The highest BCUT2D eigenvalue weighted by Gasteiger charge is 2.49. The molecule has 106 valence electrons. The molecule has 0 spiro atoms. The Morgan fingerprint density at radius 1 is 1.39 bits per heavy atom. The van der Waals surface area contributed by atoms with Crippen molar-refractivity contribution >= 4 is 14.3 Å². The Kier molecular flexibility index (Phi) is 4.56. The van der Waals surface area contributed by atoms with Crippen molar-refractivity contribution in [1.82, 2.24) is 0 Å². The molecule has 0 amide bonds. The third kappa shape index (κ3) is 3.10. The summed E-state index contributed by atoms with van der Waals surface area (Å²) in [5.74, 6) is -0.571. The molecular weight excluding hydrogens is 255 g/mol. The number of ether oxygens (including phenoxy) is 2. The number of methoxy groups -OCH3 is 1. The number of halogens is 1. The van der Waals surface area contributed by atoms with E-state index in [-0.39, 0.29) is 11.6 Å². The second-order valence-corrected chi connectivity index (χ2v) is 10.9. The summed E-state index contributed by atoms with van der Waals surface area (Å²) in [5, 5.41) is -0.0457. The lowest BCUT2D eigenvalue weighted by atomic mass is 10.2. The second-order valence-electron chi connectivity index (χ2n) is 6.14. The van der Waals surface area contributed by atoms with Crippen molar-refractivity contribution < 1.29 is 23.1 Å². The lowest BCUT2D eigenvalue weighted by molar-refractivity contribution is -0.154. The first-order chi connectivity index (χ1) is 8.10. The van der Waals surface area contributed by atoms with Gasteiger partial charge in [-0.15, -0.1) is 0 Å². The molecular formula is C12H23FO4Si. The van der Waals surface area contributed by atoms with Gasteiger partial charge >= 0.3 is 5.97 Å². The number of carbonyl (C=O) groups is 1. The van der Waals surface area contributed by atoms with Crippen LogP contribution in [0.15, 0.2) is 0 Å². The molecule has 1 aliphatic rings. The molecule has 0 aromatic rings. The number of carbonyl (C=O) groups excluding carboxylic acids is 1. The van der Waals surface area contributed by atoms with Gasteiger partial charge in [0.15, 0.2) is 20.6 Å². The van der Waals surface area contributed by atoms with Crippen molar-refractivity contribution in [2.24, 2.45) is 0 Å². The molecule has 0 N–H and O–H groups in total. The maximum absolute atomic E-state index is 13.8. The lowest BCUT2D eigenvalue weighted by Gasteiger charge is -2.39.